The van der Waals surface area contributed by atoms with Crippen molar-refractivity contribution < 1.29 is 24.0 Å². The topological polar surface area (TPSA) is 104 Å². The first-order valence-electron chi connectivity index (χ1n) is 7.61. The van der Waals surface area contributed by atoms with Crippen molar-refractivity contribution in [3.63, 3.8) is 0 Å². The van der Waals surface area contributed by atoms with E-state index in [1.54, 1.807) is 43.3 Å². The highest BCUT2D eigenvalue weighted by Crippen LogP contribution is 2.14. The standard InChI is InChI=1S/C17H17N3O5/c1-2-25-17(23)16(22)19(10-11-21)12-14-8-9-15(20(24)18-14)13-6-4-3-5-7-13/h3-9,11H,2,10,12H2,1H3. The van der Waals surface area contributed by atoms with Crippen LogP contribution in [0.5, 0.6) is 0 Å². The molecule has 0 fully saturated rings. The molecule has 1 amide bonds. The van der Waals surface area contributed by atoms with E-state index in [0.29, 0.717) is 22.4 Å². The maximum absolute atomic E-state index is 12.1. The summed E-state index contributed by atoms with van der Waals surface area (Å²) >= 11 is 0. The van der Waals surface area contributed by atoms with Gasteiger partial charge in [-0.25, -0.2) is 4.79 Å². The van der Waals surface area contributed by atoms with Gasteiger partial charge >= 0.3 is 11.9 Å². The number of ether oxygens (including phenoxy) is 1. The van der Waals surface area contributed by atoms with Gasteiger partial charge in [0.05, 0.1) is 25.3 Å². The second-order valence-electron chi connectivity index (χ2n) is 5.02. The van der Waals surface area contributed by atoms with Gasteiger partial charge in [0.2, 0.25) is 0 Å². The highest BCUT2D eigenvalue weighted by atomic mass is 16.5. The Bertz CT molecular complexity index is 764. The highest BCUT2D eigenvalue weighted by Gasteiger charge is 2.24. The molecule has 0 aliphatic heterocycles. The van der Waals surface area contributed by atoms with Crippen LogP contribution in [0, 0.1) is 5.21 Å². The largest absolute Gasteiger partial charge is 0.594 e. The summed E-state index contributed by atoms with van der Waals surface area (Å²) in [5.74, 6) is -2.01. The molecule has 0 atom stereocenters. The molecule has 1 heterocycles. The van der Waals surface area contributed by atoms with Crippen molar-refractivity contribution in [3.8, 4) is 11.3 Å². The second-order valence-corrected chi connectivity index (χ2v) is 5.02. The predicted octanol–water partition coefficient (Wildman–Crippen LogP) is 0.473. The van der Waals surface area contributed by atoms with E-state index in [2.05, 4.69) is 9.84 Å². The van der Waals surface area contributed by atoms with Crippen molar-refractivity contribution in [2.24, 2.45) is 0 Å². The molecule has 0 aliphatic carbocycles. The maximum atomic E-state index is 12.1. The minimum atomic E-state index is -1.06. The molecule has 0 radical (unpaired) electrons. The number of aromatic nitrogens is 2. The third-order valence-electron chi connectivity index (χ3n) is 3.31. The molecule has 0 saturated carbocycles. The minimum absolute atomic E-state index is 0.0457. The molecule has 2 rings (SSSR count). The smallest absolute Gasteiger partial charge is 0.397 e. The van der Waals surface area contributed by atoms with Gasteiger partial charge in [0, 0.05) is 11.2 Å². The number of esters is 1. The molecule has 0 bridgehead atoms. The summed E-state index contributed by atoms with van der Waals surface area (Å²) in [6, 6.07) is 12.1. The highest BCUT2D eigenvalue weighted by molar-refractivity contribution is 6.32. The lowest BCUT2D eigenvalue weighted by Crippen LogP contribution is -2.40. The Hall–Kier alpha value is -3.29. The molecule has 0 saturated heterocycles. The fourth-order valence-electron chi connectivity index (χ4n) is 2.17. The number of nitrogens with zero attached hydrogens (tertiary/aromatic N) is 3. The first kappa shape index (κ1) is 18.1. The summed E-state index contributed by atoms with van der Waals surface area (Å²) in [6.45, 7) is 1.15. The molecule has 0 spiro atoms. The van der Waals surface area contributed by atoms with Crippen molar-refractivity contribution in [2.75, 3.05) is 13.2 Å². The molecule has 8 nitrogen and oxygen atoms in total. The third-order valence-corrected chi connectivity index (χ3v) is 3.31. The monoisotopic (exact) mass is 343 g/mol. The predicted molar refractivity (Wildman–Crippen MR) is 86.7 cm³/mol. The van der Waals surface area contributed by atoms with Crippen LogP contribution in [-0.4, -0.2) is 41.3 Å². The number of carbonyl (C=O) groups excluding carboxylic acids is 3. The van der Waals surface area contributed by atoms with Crippen molar-refractivity contribution in [1.29, 1.82) is 0 Å². The van der Waals surface area contributed by atoms with Gasteiger partial charge in [-0.15, -0.1) is 0 Å². The van der Waals surface area contributed by atoms with Crippen LogP contribution in [0.1, 0.15) is 12.6 Å². The van der Waals surface area contributed by atoms with Crippen LogP contribution in [0.15, 0.2) is 42.5 Å². The number of rotatable bonds is 6. The number of aldehydes is 1. The van der Waals surface area contributed by atoms with Crippen LogP contribution in [-0.2, 0) is 25.7 Å². The van der Waals surface area contributed by atoms with E-state index < -0.39 is 11.9 Å². The van der Waals surface area contributed by atoms with E-state index in [1.807, 2.05) is 6.07 Å². The molecule has 1 aromatic heterocycles. The number of carbonyl (C=O) groups is 3. The van der Waals surface area contributed by atoms with E-state index in [9.17, 15) is 19.6 Å². The van der Waals surface area contributed by atoms with Crippen LogP contribution in [0.4, 0.5) is 0 Å². The van der Waals surface area contributed by atoms with Gasteiger partial charge in [-0.2, -0.15) is 0 Å². The molecule has 0 N–H and O–H groups in total. The van der Waals surface area contributed by atoms with Gasteiger partial charge in [-0.1, -0.05) is 18.2 Å². The first-order valence-corrected chi connectivity index (χ1v) is 7.61. The van der Waals surface area contributed by atoms with Crippen LogP contribution in [0.25, 0.3) is 11.3 Å². The number of hydrogen-bond acceptors (Lipinski definition) is 6. The van der Waals surface area contributed by atoms with Gasteiger partial charge in [-0.05, 0) is 30.0 Å². The summed E-state index contributed by atoms with van der Waals surface area (Å²) in [4.78, 5) is 35.7. The molecule has 2 aromatic rings. The quantitative estimate of drug-likeness (QED) is 0.248. The van der Waals surface area contributed by atoms with Crippen LogP contribution in [0.2, 0.25) is 0 Å². The van der Waals surface area contributed by atoms with E-state index in [4.69, 9.17) is 0 Å². The Morgan fingerprint density at radius 1 is 1.24 bits per heavy atom. The average Bonchev–Trinajstić information content (AvgIpc) is 2.62. The number of hydrogen-bond donors (Lipinski definition) is 0. The molecular weight excluding hydrogens is 326 g/mol. The number of amides is 1. The minimum Gasteiger partial charge on any atom is -0.594 e. The van der Waals surface area contributed by atoms with Crippen molar-refractivity contribution in [3.05, 3.63) is 53.4 Å². The van der Waals surface area contributed by atoms with Crippen LogP contribution >= 0.6 is 0 Å². The van der Waals surface area contributed by atoms with Gasteiger partial charge < -0.3 is 19.6 Å². The first-order chi connectivity index (χ1) is 12.1. The fraction of sp³-hybridized carbons (Fsp3) is 0.235. The van der Waals surface area contributed by atoms with Crippen LogP contribution < -0.4 is 4.85 Å². The van der Waals surface area contributed by atoms with E-state index >= 15 is 0 Å². The zero-order valence-corrected chi connectivity index (χ0v) is 13.6. The van der Waals surface area contributed by atoms with E-state index in [0.717, 1.165) is 4.90 Å². The van der Waals surface area contributed by atoms with E-state index in [-0.39, 0.29) is 25.4 Å². The Morgan fingerprint density at radius 2 is 1.96 bits per heavy atom. The lowest BCUT2D eigenvalue weighted by atomic mass is 10.1. The second kappa shape index (κ2) is 8.53. The average molecular weight is 343 g/mol. The van der Waals surface area contributed by atoms with Gasteiger partial charge in [0.1, 0.15) is 12.0 Å². The Labute approximate surface area is 144 Å². The lowest BCUT2D eigenvalue weighted by Gasteiger charge is -2.18. The molecule has 25 heavy (non-hydrogen) atoms. The van der Waals surface area contributed by atoms with Crippen molar-refractivity contribution in [2.45, 2.75) is 13.5 Å². The van der Waals surface area contributed by atoms with Gasteiger partial charge in [0.25, 0.3) is 5.69 Å². The maximum Gasteiger partial charge on any atom is 0.397 e. The molecule has 1 aromatic carbocycles. The van der Waals surface area contributed by atoms with E-state index in [1.165, 1.54) is 0 Å². The molecule has 0 unspecified atom stereocenters. The Kier molecular flexibility index (Phi) is 6.16. The Balaban J connectivity index is 2.20. The van der Waals surface area contributed by atoms with Crippen molar-refractivity contribution >= 4 is 18.2 Å². The lowest BCUT2D eigenvalue weighted by molar-refractivity contribution is -0.659. The van der Waals surface area contributed by atoms with Gasteiger partial charge in [0.15, 0.2) is 0 Å². The Morgan fingerprint density at radius 3 is 2.56 bits per heavy atom. The SMILES string of the molecule is CCOC(=O)C(=O)N(CC=O)Cc1ccc(-c2ccccc2)[n+]([O-])n1. The zero-order valence-electron chi connectivity index (χ0n) is 13.6. The summed E-state index contributed by atoms with van der Waals surface area (Å²) in [5.41, 5.74) is 1.29. The van der Waals surface area contributed by atoms with Gasteiger partial charge in [-0.3, -0.25) is 4.79 Å². The summed E-state index contributed by atoms with van der Waals surface area (Å²) in [5, 5.41) is 16.0. The molecular formula is C17H17N3O5. The summed E-state index contributed by atoms with van der Waals surface area (Å²) in [6.07, 6.45) is 0.487. The summed E-state index contributed by atoms with van der Waals surface area (Å²) in [7, 11) is 0. The van der Waals surface area contributed by atoms with Crippen molar-refractivity contribution in [1.82, 2.24) is 10.00 Å². The normalized spacial score (nSPS) is 10.1. The molecule has 130 valence electrons. The zero-order chi connectivity index (χ0) is 18.2. The number of benzene rings is 1. The summed E-state index contributed by atoms with van der Waals surface area (Å²) < 4.78 is 4.64. The fourth-order valence-corrected chi connectivity index (χ4v) is 2.17. The third kappa shape index (κ3) is 4.60. The molecule has 0 aliphatic rings. The molecule has 8 heteroatoms. The van der Waals surface area contributed by atoms with Crippen LogP contribution in [0.3, 0.4) is 0 Å².